The van der Waals surface area contributed by atoms with E-state index in [0.29, 0.717) is 24.3 Å². The summed E-state index contributed by atoms with van der Waals surface area (Å²) in [6, 6.07) is 22.7. The van der Waals surface area contributed by atoms with E-state index in [9.17, 15) is 4.79 Å². The molecule has 1 heterocycles. The van der Waals surface area contributed by atoms with E-state index < -0.39 is 0 Å². The monoisotopic (exact) mass is 356 g/mol. The quantitative estimate of drug-likeness (QED) is 0.718. The molecule has 2 aromatic carbocycles. The van der Waals surface area contributed by atoms with Crippen LogP contribution in [-0.4, -0.2) is 22.5 Å². The number of carbonyl (C=O) groups excluding carboxylic acids is 1. The molecular weight excluding hydrogens is 336 g/mol. The van der Waals surface area contributed by atoms with Crippen LogP contribution < -0.4 is 5.32 Å². The smallest absolute Gasteiger partial charge is 0.320 e. The molecule has 1 N–H and O–H groups in total. The molecule has 0 spiro atoms. The van der Waals surface area contributed by atoms with Crippen molar-refractivity contribution in [3.8, 4) is 6.07 Å². The number of rotatable bonds is 6. The van der Waals surface area contributed by atoms with E-state index in [1.54, 1.807) is 41.6 Å². The number of pyridine rings is 1. The molecule has 0 bridgehead atoms. The van der Waals surface area contributed by atoms with Crippen LogP contribution in [0.4, 0.5) is 10.5 Å². The molecule has 5 nitrogen and oxygen atoms in total. The van der Waals surface area contributed by atoms with Gasteiger partial charge in [0.25, 0.3) is 0 Å². The Balaban J connectivity index is 1.73. The Morgan fingerprint density at radius 3 is 2.59 bits per heavy atom. The number of nitrogens with zero attached hydrogens (tertiary/aromatic N) is 3. The number of benzene rings is 2. The largest absolute Gasteiger partial charge is 0.322 e. The summed E-state index contributed by atoms with van der Waals surface area (Å²) in [5.41, 5.74) is 3.25. The summed E-state index contributed by atoms with van der Waals surface area (Å²) in [6.45, 7) is 1.03. The molecule has 27 heavy (non-hydrogen) atoms. The van der Waals surface area contributed by atoms with Gasteiger partial charge in [0.2, 0.25) is 0 Å². The Labute approximate surface area is 158 Å². The van der Waals surface area contributed by atoms with E-state index in [1.807, 2.05) is 30.3 Å². The first kappa shape index (κ1) is 18.2. The number of nitriles is 1. The van der Waals surface area contributed by atoms with Gasteiger partial charge in [-0.25, -0.2) is 4.79 Å². The molecule has 0 saturated carbocycles. The van der Waals surface area contributed by atoms with E-state index in [4.69, 9.17) is 5.26 Å². The van der Waals surface area contributed by atoms with Crippen molar-refractivity contribution in [2.45, 2.75) is 13.0 Å². The van der Waals surface area contributed by atoms with Crippen molar-refractivity contribution in [2.75, 3.05) is 11.9 Å². The van der Waals surface area contributed by atoms with Gasteiger partial charge in [-0.2, -0.15) is 5.26 Å². The summed E-state index contributed by atoms with van der Waals surface area (Å²) in [5.74, 6) is 0. The fourth-order valence-corrected chi connectivity index (χ4v) is 2.74. The number of urea groups is 1. The van der Waals surface area contributed by atoms with Crippen molar-refractivity contribution < 1.29 is 4.79 Å². The minimum absolute atomic E-state index is 0.204. The lowest BCUT2D eigenvalue weighted by atomic mass is 10.1. The van der Waals surface area contributed by atoms with Crippen LogP contribution in [0.25, 0.3) is 0 Å². The Hall–Kier alpha value is -3.65. The van der Waals surface area contributed by atoms with Crippen LogP contribution in [0.15, 0.2) is 79.1 Å². The molecule has 1 aromatic heterocycles. The topological polar surface area (TPSA) is 69.0 Å². The van der Waals surface area contributed by atoms with Crippen molar-refractivity contribution >= 4 is 11.7 Å². The third-order valence-electron chi connectivity index (χ3n) is 4.14. The van der Waals surface area contributed by atoms with E-state index in [1.165, 1.54) is 5.56 Å². The van der Waals surface area contributed by atoms with Crippen LogP contribution in [0, 0.1) is 11.3 Å². The summed E-state index contributed by atoms with van der Waals surface area (Å²) < 4.78 is 0. The Kier molecular flexibility index (Phi) is 6.16. The normalized spacial score (nSPS) is 10.0. The zero-order valence-electron chi connectivity index (χ0n) is 14.9. The Morgan fingerprint density at radius 2 is 1.85 bits per heavy atom. The molecule has 0 aliphatic carbocycles. The Morgan fingerprint density at radius 1 is 1.04 bits per heavy atom. The van der Waals surface area contributed by atoms with Gasteiger partial charge in [0.15, 0.2) is 0 Å². The average molecular weight is 356 g/mol. The van der Waals surface area contributed by atoms with Crippen molar-refractivity contribution in [3.05, 3.63) is 95.8 Å². The molecule has 0 unspecified atom stereocenters. The first-order chi connectivity index (χ1) is 13.2. The standard InChI is InChI=1S/C22H20N4O/c23-15-19-8-4-10-21(14-19)25-22(27)26(17-20-9-5-12-24-16-20)13-11-18-6-2-1-3-7-18/h1-10,12,14,16H,11,13,17H2,(H,25,27). The van der Waals surface area contributed by atoms with Gasteiger partial charge in [-0.05, 0) is 41.8 Å². The highest BCUT2D eigenvalue weighted by atomic mass is 16.2. The van der Waals surface area contributed by atoms with Gasteiger partial charge in [0.05, 0.1) is 11.6 Å². The van der Waals surface area contributed by atoms with Gasteiger partial charge < -0.3 is 10.2 Å². The zero-order valence-corrected chi connectivity index (χ0v) is 14.9. The maximum atomic E-state index is 12.8. The molecule has 0 atom stereocenters. The average Bonchev–Trinajstić information content (AvgIpc) is 2.72. The predicted octanol–water partition coefficient (Wildman–Crippen LogP) is 4.23. The summed E-state index contributed by atoms with van der Waals surface area (Å²) in [6.07, 6.45) is 4.23. The van der Waals surface area contributed by atoms with Crippen molar-refractivity contribution in [2.24, 2.45) is 0 Å². The van der Waals surface area contributed by atoms with Crippen molar-refractivity contribution in [1.82, 2.24) is 9.88 Å². The zero-order chi connectivity index (χ0) is 18.9. The molecule has 0 radical (unpaired) electrons. The molecule has 3 aromatic rings. The second-order valence-corrected chi connectivity index (χ2v) is 6.14. The number of nitrogens with one attached hydrogen (secondary N) is 1. The molecule has 0 aliphatic heterocycles. The molecule has 0 saturated heterocycles. The van der Waals surface area contributed by atoms with Crippen LogP contribution in [-0.2, 0) is 13.0 Å². The SMILES string of the molecule is N#Cc1cccc(NC(=O)N(CCc2ccccc2)Cc2cccnc2)c1. The molecule has 5 heteroatoms. The maximum absolute atomic E-state index is 12.8. The van der Waals surface area contributed by atoms with E-state index in [2.05, 4.69) is 28.5 Å². The van der Waals surface area contributed by atoms with Gasteiger partial charge in [-0.1, -0.05) is 42.5 Å². The second kappa shape index (κ2) is 9.16. The van der Waals surface area contributed by atoms with E-state index >= 15 is 0 Å². The molecule has 134 valence electrons. The van der Waals surface area contributed by atoms with Gasteiger partial charge in [0, 0.05) is 31.2 Å². The van der Waals surface area contributed by atoms with Crippen LogP contribution >= 0.6 is 0 Å². The molecule has 3 rings (SSSR count). The van der Waals surface area contributed by atoms with Crippen LogP contribution in [0.1, 0.15) is 16.7 Å². The van der Waals surface area contributed by atoms with Gasteiger partial charge in [-0.3, -0.25) is 4.98 Å². The number of hydrogen-bond donors (Lipinski definition) is 1. The second-order valence-electron chi connectivity index (χ2n) is 6.14. The lowest BCUT2D eigenvalue weighted by Crippen LogP contribution is -2.36. The van der Waals surface area contributed by atoms with Crippen LogP contribution in [0.3, 0.4) is 0 Å². The number of aromatic nitrogens is 1. The third kappa shape index (κ3) is 5.41. The predicted molar refractivity (Wildman–Crippen MR) is 105 cm³/mol. The first-order valence-corrected chi connectivity index (χ1v) is 8.73. The van der Waals surface area contributed by atoms with Gasteiger partial charge in [-0.15, -0.1) is 0 Å². The lowest BCUT2D eigenvalue weighted by molar-refractivity contribution is 0.209. The maximum Gasteiger partial charge on any atom is 0.322 e. The Bertz CT molecular complexity index is 920. The third-order valence-corrected chi connectivity index (χ3v) is 4.14. The molecule has 2 amide bonds. The van der Waals surface area contributed by atoms with Crippen LogP contribution in [0.2, 0.25) is 0 Å². The first-order valence-electron chi connectivity index (χ1n) is 8.73. The molecular formula is C22H20N4O. The summed E-state index contributed by atoms with van der Waals surface area (Å²) in [4.78, 5) is 18.7. The highest BCUT2D eigenvalue weighted by molar-refractivity contribution is 5.89. The highest BCUT2D eigenvalue weighted by Crippen LogP contribution is 2.13. The molecule has 0 fully saturated rings. The summed E-state index contributed by atoms with van der Waals surface area (Å²) >= 11 is 0. The minimum Gasteiger partial charge on any atom is -0.320 e. The summed E-state index contributed by atoms with van der Waals surface area (Å²) in [7, 11) is 0. The number of carbonyl (C=O) groups is 1. The number of anilines is 1. The highest BCUT2D eigenvalue weighted by Gasteiger charge is 2.15. The van der Waals surface area contributed by atoms with Crippen LogP contribution in [0.5, 0.6) is 0 Å². The minimum atomic E-state index is -0.204. The lowest BCUT2D eigenvalue weighted by Gasteiger charge is -2.23. The fraction of sp³-hybridized carbons (Fsp3) is 0.136. The van der Waals surface area contributed by atoms with E-state index in [0.717, 1.165) is 12.0 Å². The molecule has 0 aliphatic rings. The summed E-state index contributed by atoms with van der Waals surface area (Å²) in [5, 5.41) is 11.9. The van der Waals surface area contributed by atoms with E-state index in [-0.39, 0.29) is 6.03 Å². The van der Waals surface area contributed by atoms with Crippen molar-refractivity contribution in [1.29, 1.82) is 5.26 Å². The number of hydrogen-bond acceptors (Lipinski definition) is 3. The van der Waals surface area contributed by atoms with Crippen molar-refractivity contribution in [3.63, 3.8) is 0 Å². The fourth-order valence-electron chi connectivity index (χ4n) is 2.74. The number of amides is 2. The van der Waals surface area contributed by atoms with Gasteiger partial charge >= 0.3 is 6.03 Å². The van der Waals surface area contributed by atoms with Gasteiger partial charge in [0.1, 0.15) is 0 Å².